The highest BCUT2D eigenvalue weighted by Crippen LogP contribution is 2.17. The first kappa shape index (κ1) is 12.7. The molecule has 0 aromatic carbocycles. The second-order valence-corrected chi connectivity index (χ2v) is 5.49. The summed E-state index contributed by atoms with van der Waals surface area (Å²) in [5.41, 5.74) is 0. The van der Waals surface area contributed by atoms with Crippen molar-refractivity contribution < 1.29 is 0 Å². The lowest BCUT2D eigenvalue weighted by molar-refractivity contribution is 0.141. The molecule has 0 aliphatic carbocycles. The van der Waals surface area contributed by atoms with Gasteiger partial charge in [0.2, 0.25) is 0 Å². The first-order valence-electron chi connectivity index (χ1n) is 7.02. The van der Waals surface area contributed by atoms with E-state index in [1.54, 1.807) is 0 Å². The Balaban J connectivity index is 1.73. The van der Waals surface area contributed by atoms with Crippen LogP contribution in [0.1, 0.15) is 33.1 Å². The van der Waals surface area contributed by atoms with Gasteiger partial charge >= 0.3 is 0 Å². The maximum atomic E-state index is 4.45. The van der Waals surface area contributed by atoms with Crippen LogP contribution in [0.3, 0.4) is 0 Å². The number of likely N-dealkylation sites (tertiary alicyclic amines) is 1. The van der Waals surface area contributed by atoms with Crippen LogP contribution >= 0.6 is 0 Å². The molecule has 1 fully saturated rings. The van der Waals surface area contributed by atoms with Crippen LogP contribution in [-0.4, -0.2) is 49.6 Å². The van der Waals surface area contributed by atoms with E-state index in [0.717, 1.165) is 37.9 Å². The van der Waals surface area contributed by atoms with Crippen LogP contribution in [0.5, 0.6) is 0 Å². The van der Waals surface area contributed by atoms with Gasteiger partial charge in [0.15, 0.2) is 5.96 Å². The molecule has 2 heterocycles. The van der Waals surface area contributed by atoms with Gasteiger partial charge in [-0.3, -0.25) is 4.99 Å². The highest BCUT2D eigenvalue weighted by Gasteiger charge is 2.21. The summed E-state index contributed by atoms with van der Waals surface area (Å²) >= 11 is 0. The molecule has 17 heavy (non-hydrogen) atoms. The predicted octanol–water partition coefficient (Wildman–Crippen LogP) is 1.05. The Bertz CT molecular complexity index is 262. The molecule has 0 bridgehead atoms. The zero-order chi connectivity index (χ0) is 12.1. The van der Waals surface area contributed by atoms with Crippen molar-refractivity contribution >= 4 is 5.96 Å². The lowest BCUT2D eigenvalue weighted by Gasteiger charge is -2.35. The Morgan fingerprint density at radius 3 is 3.06 bits per heavy atom. The summed E-state index contributed by atoms with van der Waals surface area (Å²) < 4.78 is 0. The minimum Gasteiger partial charge on any atom is -0.356 e. The van der Waals surface area contributed by atoms with E-state index in [0.29, 0.717) is 6.04 Å². The van der Waals surface area contributed by atoms with Gasteiger partial charge in [-0.1, -0.05) is 0 Å². The quantitative estimate of drug-likeness (QED) is 0.772. The highest BCUT2D eigenvalue weighted by atomic mass is 15.2. The van der Waals surface area contributed by atoms with Gasteiger partial charge in [0.25, 0.3) is 0 Å². The zero-order valence-electron chi connectivity index (χ0n) is 11.2. The summed E-state index contributed by atoms with van der Waals surface area (Å²) in [5.74, 6) is 1.79. The first-order valence-corrected chi connectivity index (χ1v) is 7.02. The normalized spacial score (nSPS) is 26.5. The van der Waals surface area contributed by atoms with Crippen molar-refractivity contribution in [3.05, 3.63) is 0 Å². The van der Waals surface area contributed by atoms with Crippen molar-refractivity contribution in [1.82, 2.24) is 15.5 Å². The van der Waals surface area contributed by atoms with E-state index in [9.17, 15) is 0 Å². The fraction of sp³-hybridized carbons (Fsp3) is 0.923. The van der Waals surface area contributed by atoms with Crippen molar-refractivity contribution in [3.63, 3.8) is 0 Å². The number of hydrogen-bond donors (Lipinski definition) is 2. The van der Waals surface area contributed by atoms with E-state index in [-0.39, 0.29) is 0 Å². The number of rotatable bonds is 3. The van der Waals surface area contributed by atoms with E-state index < -0.39 is 0 Å². The van der Waals surface area contributed by atoms with Crippen molar-refractivity contribution in [2.45, 2.75) is 39.2 Å². The monoisotopic (exact) mass is 238 g/mol. The number of nitrogens with zero attached hydrogens (tertiary/aromatic N) is 2. The molecular formula is C13H26N4. The van der Waals surface area contributed by atoms with Gasteiger partial charge in [0.05, 0.1) is 0 Å². The summed E-state index contributed by atoms with van der Waals surface area (Å²) in [6.07, 6.45) is 3.85. The maximum Gasteiger partial charge on any atom is 0.191 e. The van der Waals surface area contributed by atoms with Crippen LogP contribution < -0.4 is 10.6 Å². The Labute approximate surface area is 105 Å². The maximum absolute atomic E-state index is 4.45. The second-order valence-electron chi connectivity index (χ2n) is 5.49. The number of aliphatic imine (C=N–C) groups is 1. The molecule has 0 saturated carbocycles. The van der Waals surface area contributed by atoms with Gasteiger partial charge in [-0.25, -0.2) is 0 Å². The van der Waals surface area contributed by atoms with E-state index >= 15 is 0 Å². The molecule has 1 unspecified atom stereocenters. The molecule has 2 aliphatic rings. The molecule has 0 radical (unpaired) electrons. The van der Waals surface area contributed by atoms with Crippen LogP contribution in [-0.2, 0) is 0 Å². The number of hydrogen-bond acceptors (Lipinski definition) is 4. The van der Waals surface area contributed by atoms with Crippen LogP contribution in [0.25, 0.3) is 0 Å². The third-order valence-electron chi connectivity index (χ3n) is 3.74. The lowest BCUT2D eigenvalue weighted by Crippen LogP contribution is -2.47. The number of guanidine groups is 1. The number of nitrogens with one attached hydrogen (secondary N) is 2. The van der Waals surface area contributed by atoms with Gasteiger partial charge in [0.1, 0.15) is 0 Å². The van der Waals surface area contributed by atoms with E-state index in [2.05, 4.69) is 34.4 Å². The summed E-state index contributed by atoms with van der Waals surface area (Å²) in [5, 5.41) is 6.78. The molecule has 0 aromatic heterocycles. The molecule has 1 atom stereocenters. The van der Waals surface area contributed by atoms with Gasteiger partial charge in [-0.05, 0) is 45.6 Å². The molecule has 0 aromatic rings. The van der Waals surface area contributed by atoms with Gasteiger partial charge < -0.3 is 15.5 Å². The summed E-state index contributed by atoms with van der Waals surface area (Å²) in [4.78, 5) is 7.04. The summed E-state index contributed by atoms with van der Waals surface area (Å²) in [6.45, 7) is 10.2. The fourth-order valence-corrected chi connectivity index (χ4v) is 2.62. The minimum absolute atomic E-state index is 0.683. The average Bonchev–Trinajstić information content (AvgIpc) is 2.38. The molecule has 2 N–H and O–H groups in total. The number of piperidine rings is 1. The smallest absolute Gasteiger partial charge is 0.191 e. The average molecular weight is 238 g/mol. The largest absolute Gasteiger partial charge is 0.356 e. The van der Waals surface area contributed by atoms with E-state index in [1.807, 2.05) is 0 Å². The topological polar surface area (TPSA) is 39.7 Å². The Kier molecular flexibility index (Phi) is 4.66. The van der Waals surface area contributed by atoms with Crippen LogP contribution in [0.2, 0.25) is 0 Å². The van der Waals surface area contributed by atoms with Crippen molar-refractivity contribution in [1.29, 1.82) is 0 Å². The third-order valence-corrected chi connectivity index (χ3v) is 3.74. The molecule has 1 saturated heterocycles. The summed E-state index contributed by atoms with van der Waals surface area (Å²) in [6, 6.07) is 0.683. The molecule has 4 nitrogen and oxygen atoms in total. The van der Waals surface area contributed by atoms with E-state index in [4.69, 9.17) is 0 Å². The Hall–Kier alpha value is -0.770. The van der Waals surface area contributed by atoms with Gasteiger partial charge in [-0.15, -0.1) is 0 Å². The lowest BCUT2D eigenvalue weighted by atomic mass is 9.97. The van der Waals surface area contributed by atoms with Crippen LogP contribution in [0, 0.1) is 5.92 Å². The molecule has 0 amide bonds. The van der Waals surface area contributed by atoms with Crippen LogP contribution in [0.4, 0.5) is 0 Å². The van der Waals surface area contributed by atoms with Crippen molar-refractivity contribution in [2.75, 3.05) is 32.7 Å². The Morgan fingerprint density at radius 1 is 1.47 bits per heavy atom. The predicted molar refractivity (Wildman–Crippen MR) is 72.4 cm³/mol. The van der Waals surface area contributed by atoms with E-state index in [1.165, 1.54) is 25.9 Å². The molecule has 2 aliphatic heterocycles. The molecular weight excluding hydrogens is 212 g/mol. The second kappa shape index (κ2) is 6.24. The van der Waals surface area contributed by atoms with Gasteiger partial charge in [0, 0.05) is 32.2 Å². The SMILES string of the molecule is CC(C)N1CCCC(CNC2=NCCCN2)C1. The van der Waals surface area contributed by atoms with Crippen molar-refractivity contribution in [3.8, 4) is 0 Å². The fourth-order valence-electron chi connectivity index (χ4n) is 2.62. The van der Waals surface area contributed by atoms with Gasteiger partial charge in [-0.2, -0.15) is 0 Å². The zero-order valence-corrected chi connectivity index (χ0v) is 11.2. The molecule has 0 spiro atoms. The summed E-state index contributed by atoms with van der Waals surface area (Å²) in [7, 11) is 0. The highest BCUT2D eigenvalue weighted by molar-refractivity contribution is 5.80. The van der Waals surface area contributed by atoms with Crippen molar-refractivity contribution in [2.24, 2.45) is 10.9 Å². The molecule has 2 rings (SSSR count). The standard InChI is InChI=1S/C13H26N4/c1-11(2)17-8-3-5-12(10-17)9-16-13-14-6-4-7-15-13/h11-12H,3-10H2,1-2H3,(H2,14,15,16). The minimum atomic E-state index is 0.683. The Morgan fingerprint density at radius 2 is 2.35 bits per heavy atom. The third kappa shape index (κ3) is 3.87. The molecule has 98 valence electrons. The van der Waals surface area contributed by atoms with Crippen LogP contribution in [0.15, 0.2) is 4.99 Å². The first-order chi connectivity index (χ1) is 8.25. The molecule has 4 heteroatoms.